The predicted octanol–water partition coefficient (Wildman–Crippen LogP) is 1.15. The molecule has 1 heterocycles. The zero-order valence-electron chi connectivity index (χ0n) is 9.61. The van der Waals surface area contributed by atoms with Crippen LogP contribution in [-0.2, 0) is 13.1 Å². The Labute approximate surface area is 91.3 Å². The molecule has 86 valence electrons. The van der Waals surface area contributed by atoms with Crippen molar-refractivity contribution in [3.8, 4) is 0 Å². The van der Waals surface area contributed by atoms with Crippen LogP contribution in [0.2, 0.25) is 0 Å². The Bertz CT molecular complexity index is 269. The van der Waals surface area contributed by atoms with Crippen LogP contribution in [0, 0.1) is 0 Å². The molecule has 0 unspecified atom stereocenters. The van der Waals surface area contributed by atoms with Crippen LogP contribution in [0.25, 0.3) is 0 Å². The fourth-order valence-electron chi connectivity index (χ4n) is 1.45. The van der Waals surface area contributed by atoms with Crippen molar-refractivity contribution >= 4 is 0 Å². The summed E-state index contributed by atoms with van der Waals surface area (Å²) in [6.45, 7) is 6.15. The molecule has 0 aliphatic heterocycles. The highest BCUT2D eigenvalue weighted by molar-refractivity contribution is 5.03. The molecule has 4 nitrogen and oxygen atoms in total. The summed E-state index contributed by atoms with van der Waals surface area (Å²) in [4.78, 5) is 0. The lowest BCUT2D eigenvalue weighted by molar-refractivity contribution is 0.238. The molecule has 0 radical (unpaired) electrons. The van der Waals surface area contributed by atoms with Crippen LogP contribution in [-0.4, -0.2) is 27.5 Å². The smallest absolute Gasteiger partial charge is 0.0584 e. The molecule has 1 aromatic heterocycles. The quantitative estimate of drug-likeness (QED) is 0.711. The van der Waals surface area contributed by atoms with E-state index in [9.17, 15) is 0 Å². The number of hydrogen-bond acceptors (Lipinski definition) is 3. The normalized spacial score (nSPS) is 13.0. The number of rotatable bonds is 7. The molecule has 0 aromatic carbocycles. The second-order valence-electron chi connectivity index (χ2n) is 3.78. The van der Waals surface area contributed by atoms with Gasteiger partial charge in [-0.3, -0.25) is 4.68 Å². The van der Waals surface area contributed by atoms with Crippen LogP contribution < -0.4 is 5.32 Å². The van der Waals surface area contributed by atoms with Gasteiger partial charge in [-0.25, -0.2) is 0 Å². The van der Waals surface area contributed by atoms with Gasteiger partial charge in [0, 0.05) is 30.9 Å². The number of aromatic nitrogens is 2. The Kier molecular flexibility index (Phi) is 5.36. The average molecular weight is 211 g/mol. The third-order valence-corrected chi connectivity index (χ3v) is 2.45. The number of hydrogen-bond donors (Lipinski definition) is 2. The number of nitrogens with one attached hydrogen (secondary N) is 1. The maximum Gasteiger partial charge on any atom is 0.0584 e. The van der Waals surface area contributed by atoms with Gasteiger partial charge in [-0.05, 0) is 12.8 Å². The second kappa shape index (κ2) is 6.58. The van der Waals surface area contributed by atoms with E-state index in [0.717, 1.165) is 25.9 Å². The van der Waals surface area contributed by atoms with Crippen molar-refractivity contribution < 1.29 is 5.11 Å². The van der Waals surface area contributed by atoms with Crippen LogP contribution >= 0.6 is 0 Å². The van der Waals surface area contributed by atoms with E-state index in [-0.39, 0.29) is 12.6 Å². The summed E-state index contributed by atoms with van der Waals surface area (Å²) in [5.74, 6) is 0. The molecule has 1 rings (SSSR count). The van der Waals surface area contributed by atoms with Gasteiger partial charge < -0.3 is 10.4 Å². The van der Waals surface area contributed by atoms with Gasteiger partial charge in [0.1, 0.15) is 0 Å². The standard InChI is InChI=1S/C11H21N3O/c1-3-5-14-8-10(7-13-14)6-12-11(4-2)9-15/h7-8,11-12,15H,3-6,9H2,1-2H3/t11-/m1/s1. The first kappa shape index (κ1) is 12.2. The molecule has 0 amide bonds. The first-order valence-electron chi connectivity index (χ1n) is 5.65. The molecule has 4 heteroatoms. The highest BCUT2D eigenvalue weighted by atomic mass is 16.3. The number of aliphatic hydroxyl groups excluding tert-OH is 1. The largest absolute Gasteiger partial charge is 0.395 e. The fourth-order valence-corrected chi connectivity index (χ4v) is 1.45. The van der Waals surface area contributed by atoms with E-state index >= 15 is 0 Å². The predicted molar refractivity (Wildman–Crippen MR) is 60.5 cm³/mol. The SMILES string of the molecule is CCCn1cc(CN[C@H](CC)CO)cn1. The third-order valence-electron chi connectivity index (χ3n) is 2.45. The Balaban J connectivity index is 2.36. The first-order valence-corrected chi connectivity index (χ1v) is 5.65. The van der Waals surface area contributed by atoms with E-state index in [1.165, 1.54) is 5.56 Å². The molecule has 1 atom stereocenters. The Morgan fingerprint density at radius 2 is 2.33 bits per heavy atom. The molecule has 0 saturated carbocycles. The Hall–Kier alpha value is -0.870. The molecule has 0 aliphatic rings. The maximum atomic E-state index is 9.01. The molecule has 0 bridgehead atoms. The van der Waals surface area contributed by atoms with Gasteiger partial charge in [0.05, 0.1) is 12.8 Å². The van der Waals surface area contributed by atoms with Gasteiger partial charge >= 0.3 is 0 Å². The lowest BCUT2D eigenvalue weighted by Gasteiger charge is -2.12. The van der Waals surface area contributed by atoms with Gasteiger partial charge in [0.2, 0.25) is 0 Å². The van der Waals surface area contributed by atoms with Crippen molar-refractivity contribution in [2.24, 2.45) is 0 Å². The highest BCUT2D eigenvalue weighted by Crippen LogP contribution is 2.00. The molecule has 0 fully saturated rings. The summed E-state index contributed by atoms with van der Waals surface area (Å²) in [7, 11) is 0. The van der Waals surface area contributed by atoms with Crippen LogP contribution in [0.3, 0.4) is 0 Å². The molecule has 1 aromatic rings. The monoisotopic (exact) mass is 211 g/mol. The van der Waals surface area contributed by atoms with Gasteiger partial charge in [0.15, 0.2) is 0 Å². The van der Waals surface area contributed by atoms with Crippen LogP contribution in [0.1, 0.15) is 32.3 Å². The van der Waals surface area contributed by atoms with Crippen LogP contribution in [0.5, 0.6) is 0 Å². The van der Waals surface area contributed by atoms with Gasteiger partial charge in [0.25, 0.3) is 0 Å². The zero-order chi connectivity index (χ0) is 11.1. The van der Waals surface area contributed by atoms with E-state index in [4.69, 9.17) is 5.11 Å². The van der Waals surface area contributed by atoms with Gasteiger partial charge in [-0.2, -0.15) is 5.10 Å². The molecule has 0 aliphatic carbocycles. The molecule has 0 spiro atoms. The summed E-state index contributed by atoms with van der Waals surface area (Å²) in [5, 5.41) is 16.5. The van der Waals surface area contributed by atoms with E-state index in [1.54, 1.807) is 0 Å². The Morgan fingerprint density at radius 1 is 1.53 bits per heavy atom. The lowest BCUT2D eigenvalue weighted by Crippen LogP contribution is -2.31. The lowest BCUT2D eigenvalue weighted by atomic mass is 10.2. The topological polar surface area (TPSA) is 50.1 Å². The Morgan fingerprint density at radius 3 is 2.93 bits per heavy atom. The van der Waals surface area contributed by atoms with Crippen LogP contribution in [0.15, 0.2) is 12.4 Å². The molecular formula is C11H21N3O. The minimum absolute atomic E-state index is 0.194. The van der Waals surface area contributed by atoms with Crippen molar-refractivity contribution in [2.75, 3.05) is 6.61 Å². The number of nitrogens with zero attached hydrogens (tertiary/aromatic N) is 2. The van der Waals surface area contributed by atoms with Crippen molar-refractivity contribution in [3.05, 3.63) is 18.0 Å². The second-order valence-corrected chi connectivity index (χ2v) is 3.78. The number of aliphatic hydroxyl groups is 1. The van der Waals surface area contributed by atoms with Crippen molar-refractivity contribution in [2.45, 2.75) is 45.8 Å². The van der Waals surface area contributed by atoms with Crippen molar-refractivity contribution in [3.63, 3.8) is 0 Å². The van der Waals surface area contributed by atoms with Crippen LogP contribution in [0.4, 0.5) is 0 Å². The third kappa shape index (κ3) is 4.01. The van der Waals surface area contributed by atoms with Gasteiger partial charge in [-0.1, -0.05) is 13.8 Å². The molecular weight excluding hydrogens is 190 g/mol. The minimum atomic E-state index is 0.194. The number of aryl methyl sites for hydroxylation is 1. The zero-order valence-corrected chi connectivity index (χ0v) is 9.61. The average Bonchev–Trinajstić information content (AvgIpc) is 2.68. The van der Waals surface area contributed by atoms with E-state index in [2.05, 4.69) is 30.5 Å². The maximum absolute atomic E-state index is 9.01. The molecule has 0 saturated heterocycles. The molecule has 2 N–H and O–H groups in total. The summed E-state index contributed by atoms with van der Waals surface area (Å²) < 4.78 is 1.96. The van der Waals surface area contributed by atoms with E-state index in [1.807, 2.05) is 10.9 Å². The summed E-state index contributed by atoms with van der Waals surface area (Å²) in [6.07, 6.45) is 5.98. The minimum Gasteiger partial charge on any atom is -0.395 e. The fraction of sp³-hybridized carbons (Fsp3) is 0.727. The van der Waals surface area contributed by atoms with Crippen molar-refractivity contribution in [1.29, 1.82) is 0 Å². The summed E-state index contributed by atoms with van der Waals surface area (Å²) in [5.41, 5.74) is 1.18. The first-order chi connectivity index (χ1) is 7.30. The highest BCUT2D eigenvalue weighted by Gasteiger charge is 2.04. The van der Waals surface area contributed by atoms with Gasteiger partial charge in [-0.15, -0.1) is 0 Å². The van der Waals surface area contributed by atoms with Crippen molar-refractivity contribution in [1.82, 2.24) is 15.1 Å². The summed E-state index contributed by atoms with van der Waals surface area (Å²) in [6, 6.07) is 0.194. The summed E-state index contributed by atoms with van der Waals surface area (Å²) >= 11 is 0. The molecule has 15 heavy (non-hydrogen) atoms. The van der Waals surface area contributed by atoms with E-state index < -0.39 is 0 Å². The van der Waals surface area contributed by atoms with E-state index in [0.29, 0.717) is 0 Å².